The van der Waals surface area contributed by atoms with Crippen molar-refractivity contribution in [1.82, 2.24) is 20.4 Å². The Labute approximate surface area is 175 Å². The van der Waals surface area contributed by atoms with Gasteiger partial charge in [-0.3, -0.25) is 9.59 Å². The minimum atomic E-state index is -0.139. The Bertz CT molecular complexity index is 1000. The highest BCUT2D eigenvalue weighted by molar-refractivity contribution is 7.15. The first-order valence-corrected chi connectivity index (χ1v) is 10.9. The summed E-state index contributed by atoms with van der Waals surface area (Å²) in [4.78, 5) is 23.2. The zero-order valence-electron chi connectivity index (χ0n) is 15.8. The summed E-state index contributed by atoms with van der Waals surface area (Å²) in [6, 6.07) is 9.61. The molecule has 29 heavy (non-hydrogen) atoms. The van der Waals surface area contributed by atoms with Crippen LogP contribution in [0.4, 0.5) is 10.3 Å². The summed E-state index contributed by atoms with van der Waals surface area (Å²) in [5.41, 5.74) is 0.967. The minimum absolute atomic E-state index is 0.0885. The molecule has 10 heteroatoms. The average Bonchev–Trinajstić information content (AvgIpc) is 3.02. The Morgan fingerprint density at radius 2 is 1.52 bits per heavy atom. The van der Waals surface area contributed by atoms with Crippen molar-refractivity contribution in [2.24, 2.45) is 11.8 Å². The molecule has 1 fully saturated rings. The standard InChI is InChI=1S/C19H20N6O2S2/c1-11(26)20-18-24-22-16(28-18)9-13-8-14(13)10-17-23-25-19(29-17)21-15(27)7-12-5-3-2-4-6-12/h2-6,13-14H,7-10H2,1H3,(H,20,24,26)(H,21,25,27). The van der Waals surface area contributed by atoms with Gasteiger partial charge in [0, 0.05) is 19.8 Å². The summed E-state index contributed by atoms with van der Waals surface area (Å²) in [7, 11) is 0. The lowest BCUT2D eigenvalue weighted by atomic mass is 10.1. The van der Waals surface area contributed by atoms with Crippen LogP contribution in [0.1, 0.15) is 28.9 Å². The summed E-state index contributed by atoms with van der Waals surface area (Å²) in [5, 5.41) is 24.9. The zero-order valence-corrected chi connectivity index (χ0v) is 17.4. The molecule has 2 unspecified atom stereocenters. The Morgan fingerprint density at radius 3 is 2.10 bits per heavy atom. The maximum atomic E-state index is 12.1. The van der Waals surface area contributed by atoms with Crippen LogP contribution in [0.3, 0.4) is 0 Å². The van der Waals surface area contributed by atoms with Crippen molar-refractivity contribution in [3.8, 4) is 0 Å². The smallest absolute Gasteiger partial charge is 0.230 e. The Kier molecular flexibility index (Phi) is 5.91. The van der Waals surface area contributed by atoms with Crippen LogP contribution >= 0.6 is 22.7 Å². The van der Waals surface area contributed by atoms with Crippen LogP contribution < -0.4 is 10.6 Å². The van der Waals surface area contributed by atoms with E-state index in [-0.39, 0.29) is 11.8 Å². The molecule has 3 aromatic rings. The maximum absolute atomic E-state index is 12.1. The van der Waals surface area contributed by atoms with Gasteiger partial charge >= 0.3 is 0 Å². The number of carbonyl (C=O) groups is 2. The van der Waals surface area contributed by atoms with Crippen molar-refractivity contribution in [3.05, 3.63) is 45.9 Å². The molecular formula is C19H20N6O2S2. The molecule has 0 bridgehead atoms. The molecule has 8 nitrogen and oxygen atoms in total. The van der Waals surface area contributed by atoms with E-state index in [1.54, 1.807) is 0 Å². The van der Waals surface area contributed by atoms with E-state index in [0.29, 0.717) is 28.5 Å². The Hall–Kier alpha value is -2.72. The molecule has 1 aliphatic rings. The summed E-state index contributed by atoms with van der Waals surface area (Å²) < 4.78 is 0. The lowest BCUT2D eigenvalue weighted by Crippen LogP contribution is -2.14. The van der Waals surface area contributed by atoms with Crippen molar-refractivity contribution in [2.75, 3.05) is 10.6 Å². The van der Waals surface area contributed by atoms with Crippen molar-refractivity contribution < 1.29 is 9.59 Å². The van der Waals surface area contributed by atoms with E-state index >= 15 is 0 Å². The monoisotopic (exact) mass is 428 g/mol. The number of amides is 2. The molecule has 1 aromatic carbocycles. The van der Waals surface area contributed by atoms with E-state index < -0.39 is 0 Å². The quantitative estimate of drug-likeness (QED) is 0.571. The lowest BCUT2D eigenvalue weighted by molar-refractivity contribution is -0.116. The number of aromatic nitrogens is 4. The number of nitrogens with one attached hydrogen (secondary N) is 2. The van der Waals surface area contributed by atoms with Crippen LogP contribution in [-0.2, 0) is 28.9 Å². The predicted molar refractivity (Wildman–Crippen MR) is 112 cm³/mol. The van der Waals surface area contributed by atoms with Gasteiger partial charge in [-0.15, -0.1) is 20.4 Å². The first-order valence-electron chi connectivity index (χ1n) is 9.31. The Morgan fingerprint density at radius 1 is 0.931 bits per heavy atom. The summed E-state index contributed by atoms with van der Waals surface area (Å²) in [6.45, 7) is 1.46. The SMILES string of the molecule is CC(=O)Nc1nnc(CC2CC2Cc2nnc(NC(=O)Cc3ccccc3)s2)s1. The number of anilines is 2. The second-order valence-corrected chi connectivity index (χ2v) is 9.18. The number of carbonyl (C=O) groups excluding carboxylic acids is 2. The molecule has 0 aliphatic heterocycles. The third-order valence-corrected chi connectivity index (χ3v) is 6.34. The summed E-state index contributed by atoms with van der Waals surface area (Å²) >= 11 is 2.85. The number of rotatable bonds is 8. The number of hydrogen-bond acceptors (Lipinski definition) is 8. The van der Waals surface area contributed by atoms with Gasteiger partial charge in [0.1, 0.15) is 10.0 Å². The highest BCUT2D eigenvalue weighted by atomic mass is 32.1. The fourth-order valence-corrected chi connectivity index (χ4v) is 4.85. The van der Waals surface area contributed by atoms with Crippen LogP contribution in [0.15, 0.2) is 30.3 Å². The van der Waals surface area contributed by atoms with Crippen molar-refractivity contribution in [2.45, 2.75) is 32.6 Å². The zero-order chi connectivity index (χ0) is 20.2. The maximum Gasteiger partial charge on any atom is 0.230 e. The molecule has 2 atom stereocenters. The van der Waals surface area contributed by atoms with Gasteiger partial charge in [-0.1, -0.05) is 53.0 Å². The molecule has 2 aromatic heterocycles. The third-order valence-electron chi connectivity index (χ3n) is 4.61. The van der Waals surface area contributed by atoms with Gasteiger partial charge in [-0.25, -0.2) is 0 Å². The first kappa shape index (κ1) is 19.6. The molecule has 1 saturated carbocycles. The second kappa shape index (κ2) is 8.75. The first-order chi connectivity index (χ1) is 14.0. The van der Waals surface area contributed by atoms with Crippen LogP contribution in [0, 0.1) is 11.8 Å². The topological polar surface area (TPSA) is 110 Å². The van der Waals surface area contributed by atoms with Gasteiger partial charge in [0.05, 0.1) is 6.42 Å². The fraction of sp³-hybridized carbons (Fsp3) is 0.368. The molecule has 1 aliphatic carbocycles. The largest absolute Gasteiger partial charge is 0.301 e. The van der Waals surface area contributed by atoms with Gasteiger partial charge < -0.3 is 10.6 Å². The Balaban J connectivity index is 1.23. The molecule has 2 N–H and O–H groups in total. The molecule has 150 valence electrons. The van der Waals surface area contributed by atoms with Gasteiger partial charge in [-0.2, -0.15) is 0 Å². The van der Waals surface area contributed by atoms with Crippen LogP contribution in [-0.4, -0.2) is 32.2 Å². The van der Waals surface area contributed by atoms with Crippen LogP contribution in [0.2, 0.25) is 0 Å². The molecule has 2 amide bonds. The lowest BCUT2D eigenvalue weighted by Gasteiger charge is -2.00. The third kappa shape index (κ3) is 5.64. The number of benzene rings is 1. The normalized spacial score (nSPS) is 17.7. The van der Waals surface area contributed by atoms with E-state index in [1.165, 1.54) is 29.6 Å². The van der Waals surface area contributed by atoms with Gasteiger partial charge in [0.2, 0.25) is 22.1 Å². The molecule has 0 spiro atoms. The number of nitrogens with zero attached hydrogens (tertiary/aromatic N) is 4. The predicted octanol–water partition coefficient (Wildman–Crippen LogP) is 2.95. The molecule has 4 rings (SSSR count). The molecule has 0 radical (unpaired) electrons. The highest BCUT2D eigenvalue weighted by Crippen LogP contribution is 2.44. The van der Waals surface area contributed by atoms with Gasteiger partial charge in [-0.05, 0) is 23.8 Å². The van der Waals surface area contributed by atoms with E-state index in [9.17, 15) is 9.59 Å². The van der Waals surface area contributed by atoms with Gasteiger partial charge in [0.15, 0.2) is 0 Å². The average molecular weight is 429 g/mol. The van der Waals surface area contributed by atoms with E-state index in [0.717, 1.165) is 34.8 Å². The second-order valence-electron chi connectivity index (χ2n) is 7.06. The molecule has 2 heterocycles. The van der Waals surface area contributed by atoms with Crippen LogP contribution in [0.5, 0.6) is 0 Å². The van der Waals surface area contributed by atoms with Crippen molar-refractivity contribution in [3.63, 3.8) is 0 Å². The van der Waals surface area contributed by atoms with E-state index in [2.05, 4.69) is 31.0 Å². The summed E-state index contributed by atoms with van der Waals surface area (Å²) in [6.07, 6.45) is 3.16. The fourth-order valence-electron chi connectivity index (χ4n) is 3.13. The van der Waals surface area contributed by atoms with Crippen LogP contribution in [0.25, 0.3) is 0 Å². The molecular weight excluding hydrogens is 408 g/mol. The highest BCUT2D eigenvalue weighted by Gasteiger charge is 2.38. The van der Waals surface area contributed by atoms with Crippen molar-refractivity contribution in [1.29, 1.82) is 0 Å². The number of hydrogen-bond donors (Lipinski definition) is 2. The van der Waals surface area contributed by atoms with E-state index in [1.807, 2.05) is 30.3 Å². The minimum Gasteiger partial charge on any atom is -0.301 e. The van der Waals surface area contributed by atoms with Gasteiger partial charge in [0.25, 0.3) is 0 Å². The molecule has 0 saturated heterocycles. The summed E-state index contributed by atoms with van der Waals surface area (Å²) in [5.74, 6) is 0.867. The van der Waals surface area contributed by atoms with Crippen molar-refractivity contribution >= 4 is 44.8 Å². The van der Waals surface area contributed by atoms with E-state index in [4.69, 9.17) is 0 Å².